The molecule has 0 aromatic heterocycles. The van der Waals surface area contributed by atoms with Gasteiger partial charge in [-0.25, -0.2) is 0 Å². The highest BCUT2D eigenvalue weighted by atomic mass is 35.5. The van der Waals surface area contributed by atoms with Crippen molar-refractivity contribution in [1.82, 2.24) is 5.32 Å². The summed E-state index contributed by atoms with van der Waals surface area (Å²) in [6.07, 6.45) is 4.10. The first kappa shape index (κ1) is 16.3. The van der Waals surface area contributed by atoms with Gasteiger partial charge in [0.1, 0.15) is 0 Å². The maximum absolute atomic E-state index is 12.1. The fraction of sp³-hybridized carbons (Fsp3) is 0.211. The first-order chi connectivity index (χ1) is 10.6. The molecular formula is C19H20ClNO. The van der Waals surface area contributed by atoms with Crippen LogP contribution in [0, 0.1) is 6.92 Å². The molecule has 2 aromatic rings. The standard InChI is InChI=1S/C19H20ClNO/c1-3-18(16-10-8-14(2)9-11-16)21-19(22)13-12-15-6-4-5-7-17(15)20/h4-13,18H,3H2,1-2H3,(H,21,22)/b13-12+/t18-/m0/s1. The Balaban J connectivity index is 2.03. The van der Waals surface area contributed by atoms with Gasteiger partial charge in [-0.3, -0.25) is 4.79 Å². The second kappa shape index (κ2) is 7.81. The van der Waals surface area contributed by atoms with E-state index in [9.17, 15) is 4.79 Å². The summed E-state index contributed by atoms with van der Waals surface area (Å²) in [7, 11) is 0. The Morgan fingerprint density at radius 2 is 1.86 bits per heavy atom. The van der Waals surface area contributed by atoms with Gasteiger partial charge in [0.15, 0.2) is 0 Å². The van der Waals surface area contributed by atoms with E-state index in [-0.39, 0.29) is 11.9 Å². The van der Waals surface area contributed by atoms with Gasteiger partial charge >= 0.3 is 0 Å². The zero-order valence-corrected chi connectivity index (χ0v) is 13.6. The summed E-state index contributed by atoms with van der Waals surface area (Å²) in [5.41, 5.74) is 3.17. The van der Waals surface area contributed by atoms with Crippen LogP contribution >= 0.6 is 11.6 Å². The number of carbonyl (C=O) groups is 1. The van der Waals surface area contributed by atoms with Crippen LogP contribution in [0.1, 0.15) is 36.1 Å². The van der Waals surface area contributed by atoms with Crippen molar-refractivity contribution < 1.29 is 4.79 Å². The third-order valence-electron chi connectivity index (χ3n) is 3.52. The number of halogens is 1. The molecule has 0 saturated heterocycles. The fourth-order valence-electron chi connectivity index (χ4n) is 2.22. The summed E-state index contributed by atoms with van der Waals surface area (Å²) in [5.74, 6) is -0.118. The molecule has 0 unspecified atom stereocenters. The number of nitrogens with one attached hydrogen (secondary N) is 1. The van der Waals surface area contributed by atoms with Crippen LogP contribution in [0.2, 0.25) is 5.02 Å². The van der Waals surface area contributed by atoms with E-state index in [2.05, 4.69) is 43.4 Å². The predicted molar refractivity (Wildman–Crippen MR) is 92.8 cm³/mol. The topological polar surface area (TPSA) is 29.1 Å². The Kier molecular flexibility index (Phi) is 5.79. The second-order valence-corrected chi connectivity index (χ2v) is 5.64. The lowest BCUT2D eigenvalue weighted by Gasteiger charge is -2.16. The van der Waals surface area contributed by atoms with Crippen LogP contribution in [0.5, 0.6) is 0 Å². The predicted octanol–water partition coefficient (Wildman–Crippen LogP) is 4.93. The van der Waals surface area contributed by atoms with E-state index in [4.69, 9.17) is 11.6 Å². The summed E-state index contributed by atoms with van der Waals surface area (Å²) >= 11 is 6.07. The Morgan fingerprint density at radius 3 is 2.50 bits per heavy atom. The molecule has 1 N–H and O–H groups in total. The van der Waals surface area contributed by atoms with E-state index in [1.165, 1.54) is 11.6 Å². The average molecular weight is 314 g/mol. The summed E-state index contributed by atoms with van der Waals surface area (Å²) in [6, 6.07) is 15.7. The summed E-state index contributed by atoms with van der Waals surface area (Å²) in [6.45, 7) is 4.11. The van der Waals surface area contributed by atoms with Crippen LogP contribution in [-0.4, -0.2) is 5.91 Å². The van der Waals surface area contributed by atoms with Crippen LogP contribution in [0.4, 0.5) is 0 Å². The number of benzene rings is 2. The first-order valence-corrected chi connectivity index (χ1v) is 7.77. The Labute approximate surface area is 136 Å². The maximum Gasteiger partial charge on any atom is 0.244 e. The van der Waals surface area contributed by atoms with Crippen molar-refractivity contribution in [2.75, 3.05) is 0 Å². The number of aryl methyl sites for hydroxylation is 1. The van der Waals surface area contributed by atoms with Gasteiger partial charge < -0.3 is 5.32 Å². The van der Waals surface area contributed by atoms with Gasteiger partial charge in [-0.15, -0.1) is 0 Å². The Hall–Kier alpha value is -2.06. The zero-order chi connectivity index (χ0) is 15.9. The van der Waals surface area contributed by atoms with E-state index >= 15 is 0 Å². The van der Waals surface area contributed by atoms with Gasteiger partial charge in [0.05, 0.1) is 6.04 Å². The lowest BCUT2D eigenvalue weighted by Crippen LogP contribution is -2.26. The molecule has 3 heteroatoms. The normalized spacial score (nSPS) is 12.3. The molecule has 2 rings (SSSR count). The molecule has 22 heavy (non-hydrogen) atoms. The first-order valence-electron chi connectivity index (χ1n) is 7.40. The van der Waals surface area contributed by atoms with Gasteiger partial charge in [-0.05, 0) is 36.6 Å². The highest BCUT2D eigenvalue weighted by Gasteiger charge is 2.10. The van der Waals surface area contributed by atoms with E-state index in [1.807, 2.05) is 18.2 Å². The molecule has 0 aliphatic rings. The van der Waals surface area contributed by atoms with Crippen LogP contribution in [0.25, 0.3) is 6.08 Å². The zero-order valence-electron chi connectivity index (χ0n) is 12.8. The minimum Gasteiger partial charge on any atom is -0.346 e. The van der Waals surface area contributed by atoms with Crippen LogP contribution < -0.4 is 5.32 Å². The molecule has 1 atom stereocenters. The monoisotopic (exact) mass is 313 g/mol. The quantitative estimate of drug-likeness (QED) is 0.779. The Morgan fingerprint density at radius 1 is 1.18 bits per heavy atom. The van der Waals surface area contributed by atoms with Crippen LogP contribution in [0.3, 0.4) is 0 Å². The molecule has 0 bridgehead atoms. The van der Waals surface area contributed by atoms with Crippen LogP contribution in [-0.2, 0) is 4.79 Å². The summed E-state index contributed by atoms with van der Waals surface area (Å²) in [5, 5.41) is 3.66. The van der Waals surface area contributed by atoms with E-state index in [0.29, 0.717) is 5.02 Å². The summed E-state index contributed by atoms with van der Waals surface area (Å²) < 4.78 is 0. The third-order valence-corrected chi connectivity index (χ3v) is 3.87. The second-order valence-electron chi connectivity index (χ2n) is 5.23. The van der Waals surface area contributed by atoms with Crippen molar-refractivity contribution >= 4 is 23.6 Å². The molecule has 2 nitrogen and oxygen atoms in total. The fourth-order valence-corrected chi connectivity index (χ4v) is 2.41. The third kappa shape index (κ3) is 4.47. The van der Waals surface area contributed by atoms with Crippen molar-refractivity contribution in [2.45, 2.75) is 26.3 Å². The molecule has 0 fully saturated rings. The van der Waals surface area contributed by atoms with E-state index < -0.39 is 0 Å². The van der Waals surface area contributed by atoms with Gasteiger partial charge in [-0.2, -0.15) is 0 Å². The molecule has 0 aliphatic heterocycles. The SMILES string of the molecule is CC[C@H](NC(=O)/C=C/c1ccccc1Cl)c1ccc(C)cc1. The molecular weight excluding hydrogens is 294 g/mol. The van der Waals surface area contributed by atoms with Crippen LogP contribution in [0.15, 0.2) is 54.6 Å². The lowest BCUT2D eigenvalue weighted by molar-refractivity contribution is -0.117. The largest absolute Gasteiger partial charge is 0.346 e. The van der Waals surface area contributed by atoms with Crippen molar-refractivity contribution in [1.29, 1.82) is 0 Å². The number of amides is 1. The number of carbonyl (C=O) groups excluding carboxylic acids is 1. The van der Waals surface area contributed by atoms with Crippen molar-refractivity contribution in [3.63, 3.8) is 0 Å². The average Bonchev–Trinajstić information content (AvgIpc) is 2.53. The van der Waals surface area contributed by atoms with Crippen molar-refractivity contribution in [3.8, 4) is 0 Å². The minimum absolute atomic E-state index is 0.0176. The molecule has 1 amide bonds. The lowest BCUT2D eigenvalue weighted by atomic mass is 10.0. The molecule has 0 aliphatic carbocycles. The molecule has 114 valence electrons. The smallest absolute Gasteiger partial charge is 0.244 e. The maximum atomic E-state index is 12.1. The van der Waals surface area contributed by atoms with Gasteiger partial charge in [0.25, 0.3) is 0 Å². The van der Waals surface area contributed by atoms with Gasteiger partial charge in [-0.1, -0.05) is 66.6 Å². The number of rotatable bonds is 5. The number of hydrogen-bond donors (Lipinski definition) is 1. The highest BCUT2D eigenvalue weighted by molar-refractivity contribution is 6.32. The Bertz CT molecular complexity index is 661. The molecule has 2 aromatic carbocycles. The van der Waals surface area contributed by atoms with Crippen molar-refractivity contribution in [2.24, 2.45) is 0 Å². The highest BCUT2D eigenvalue weighted by Crippen LogP contribution is 2.18. The molecule has 0 heterocycles. The van der Waals surface area contributed by atoms with E-state index in [1.54, 1.807) is 12.1 Å². The van der Waals surface area contributed by atoms with Gasteiger partial charge in [0, 0.05) is 11.1 Å². The molecule has 0 radical (unpaired) electrons. The van der Waals surface area contributed by atoms with Crippen molar-refractivity contribution in [3.05, 3.63) is 76.3 Å². The molecule has 0 spiro atoms. The minimum atomic E-state index is -0.118. The number of hydrogen-bond acceptors (Lipinski definition) is 1. The summed E-state index contributed by atoms with van der Waals surface area (Å²) in [4.78, 5) is 12.1. The van der Waals surface area contributed by atoms with Gasteiger partial charge in [0.2, 0.25) is 5.91 Å². The molecule has 0 saturated carbocycles. The van der Waals surface area contributed by atoms with E-state index in [0.717, 1.165) is 17.5 Å².